The average Bonchev–Trinajstić information content (AvgIpc) is 2.83. The van der Waals surface area contributed by atoms with Crippen LogP contribution in [0.2, 0.25) is 0 Å². The van der Waals surface area contributed by atoms with E-state index < -0.39 is 11.7 Å². The first-order chi connectivity index (χ1) is 9.49. The number of alkyl halides is 3. The van der Waals surface area contributed by atoms with Crippen molar-refractivity contribution >= 4 is 0 Å². The minimum Gasteiger partial charge on any atom is -0.313 e. The van der Waals surface area contributed by atoms with Crippen molar-refractivity contribution in [1.29, 1.82) is 0 Å². The average molecular weight is 286 g/mol. The normalized spacial score (nSPS) is 20.5. The van der Waals surface area contributed by atoms with Crippen LogP contribution >= 0.6 is 0 Å². The van der Waals surface area contributed by atoms with Crippen molar-refractivity contribution in [1.82, 2.24) is 10.2 Å². The highest BCUT2D eigenvalue weighted by atomic mass is 19.4. The molecule has 1 aromatic rings. The molecule has 1 heterocycles. The second-order valence-corrected chi connectivity index (χ2v) is 5.37. The number of nitrogens with zero attached hydrogens (tertiary/aromatic N) is 1. The van der Waals surface area contributed by atoms with Crippen molar-refractivity contribution in [2.24, 2.45) is 0 Å². The van der Waals surface area contributed by atoms with Crippen LogP contribution < -0.4 is 5.32 Å². The Labute approximate surface area is 118 Å². The predicted octanol–water partition coefficient (Wildman–Crippen LogP) is 3.28. The third kappa shape index (κ3) is 4.21. The van der Waals surface area contributed by atoms with Gasteiger partial charge in [0.05, 0.1) is 5.56 Å². The summed E-state index contributed by atoms with van der Waals surface area (Å²) in [6, 6.07) is 6.11. The molecule has 0 bridgehead atoms. The van der Waals surface area contributed by atoms with E-state index in [1.807, 2.05) is 0 Å². The van der Waals surface area contributed by atoms with Crippen molar-refractivity contribution in [2.45, 2.75) is 38.5 Å². The minimum atomic E-state index is -4.26. The molecule has 1 aliphatic rings. The second-order valence-electron chi connectivity index (χ2n) is 5.37. The summed E-state index contributed by atoms with van der Waals surface area (Å²) in [5, 5.41) is 3.46. The van der Waals surface area contributed by atoms with Gasteiger partial charge in [-0.05, 0) is 31.0 Å². The summed E-state index contributed by atoms with van der Waals surface area (Å²) in [6.07, 6.45) is -2.09. The molecule has 0 saturated carbocycles. The Bertz CT molecular complexity index is 431. The Morgan fingerprint density at radius 1 is 1.35 bits per heavy atom. The molecule has 1 unspecified atom stereocenters. The molecule has 1 N–H and O–H groups in total. The van der Waals surface area contributed by atoms with E-state index in [1.165, 1.54) is 12.1 Å². The molecule has 0 radical (unpaired) electrons. The lowest BCUT2D eigenvalue weighted by atomic mass is 10.1. The van der Waals surface area contributed by atoms with Gasteiger partial charge in [-0.3, -0.25) is 4.90 Å². The van der Waals surface area contributed by atoms with E-state index >= 15 is 0 Å². The lowest BCUT2D eigenvalue weighted by molar-refractivity contribution is -0.137. The van der Waals surface area contributed by atoms with E-state index in [0.29, 0.717) is 12.6 Å². The lowest BCUT2D eigenvalue weighted by Crippen LogP contribution is -2.32. The molecule has 1 aromatic carbocycles. The molecule has 1 fully saturated rings. The molecule has 2 nitrogen and oxygen atoms in total. The molecule has 0 amide bonds. The van der Waals surface area contributed by atoms with Crippen LogP contribution in [0.25, 0.3) is 0 Å². The van der Waals surface area contributed by atoms with Gasteiger partial charge in [-0.1, -0.05) is 25.1 Å². The van der Waals surface area contributed by atoms with Gasteiger partial charge in [0.15, 0.2) is 0 Å². The first kappa shape index (κ1) is 15.3. The number of nitrogens with one attached hydrogen (secondary N) is 1. The Balaban J connectivity index is 1.91. The van der Waals surface area contributed by atoms with Crippen LogP contribution in [-0.4, -0.2) is 30.6 Å². The van der Waals surface area contributed by atoms with Crippen LogP contribution in [0.5, 0.6) is 0 Å². The summed E-state index contributed by atoms with van der Waals surface area (Å²) in [4.78, 5) is 2.21. The number of likely N-dealkylation sites (tertiary alicyclic amines) is 1. The number of hydrogen-bond acceptors (Lipinski definition) is 2. The van der Waals surface area contributed by atoms with Gasteiger partial charge in [0.2, 0.25) is 0 Å². The molecule has 0 aliphatic carbocycles. The summed E-state index contributed by atoms with van der Waals surface area (Å²) in [5.41, 5.74) is 0.172. The SMILES string of the molecule is CCCNC1CCN(Cc2cccc(C(F)(F)F)c2)C1. The number of rotatable bonds is 5. The van der Waals surface area contributed by atoms with Crippen LogP contribution in [0.1, 0.15) is 30.9 Å². The maximum Gasteiger partial charge on any atom is 0.416 e. The van der Waals surface area contributed by atoms with Crippen LogP contribution in [0.4, 0.5) is 13.2 Å². The number of benzene rings is 1. The van der Waals surface area contributed by atoms with Crippen LogP contribution in [0.3, 0.4) is 0 Å². The zero-order valence-corrected chi connectivity index (χ0v) is 11.7. The zero-order valence-electron chi connectivity index (χ0n) is 11.7. The van der Waals surface area contributed by atoms with Gasteiger partial charge in [-0.25, -0.2) is 0 Å². The molecule has 1 saturated heterocycles. The molecule has 20 heavy (non-hydrogen) atoms. The van der Waals surface area contributed by atoms with Crippen molar-refractivity contribution in [3.63, 3.8) is 0 Å². The van der Waals surface area contributed by atoms with E-state index in [1.54, 1.807) is 6.07 Å². The highest BCUT2D eigenvalue weighted by molar-refractivity contribution is 5.25. The standard InChI is InChI=1S/C15H21F3N2/c1-2-7-19-14-6-8-20(11-14)10-12-4-3-5-13(9-12)15(16,17)18/h3-5,9,14,19H,2,6-8,10-11H2,1H3. The van der Waals surface area contributed by atoms with Gasteiger partial charge in [0.1, 0.15) is 0 Å². The molecule has 0 aromatic heterocycles. The quantitative estimate of drug-likeness (QED) is 0.893. The Morgan fingerprint density at radius 2 is 2.15 bits per heavy atom. The number of halogens is 3. The molecule has 5 heteroatoms. The third-order valence-electron chi connectivity index (χ3n) is 3.62. The fourth-order valence-corrected chi connectivity index (χ4v) is 2.60. The van der Waals surface area contributed by atoms with Gasteiger partial charge in [0.25, 0.3) is 0 Å². The zero-order chi connectivity index (χ0) is 14.6. The summed E-state index contributed by atoms with van der Waals surface area (Å²) in [7, 11) is 0. The monoisotopic (exact) mass is 286 g/mol. The minimum absolute atomic E-state index is 0.473. The van der Waals surface area contributed by atoms with Crippen LogP contribution in [0, 0.1) is 0 Å². The Kier molecular flexibility index (Phi) is 5.05. The van der Waals surface area contributed by atoms with Crippen molar-refractivity contribution in [3.8, 4) is 0 Å². The van der Waals surface area contributed by atoms with Gasteiger partial charge >= 0.3 is 6.18 Å². The summed E-state index contributed by atoms with van der Waals surface area (Å²) < 4.78 is 38.0. The van der Waals surface area contributed by atoms with Gasteiger partial charge in [-0.2, -0.15) is 13.2 Å². The van der Waals surface area contributed by atoms with Gasteiger partial charge in [-0.15, -0.1) is 0 Å². The molecular weight excluding hydrogens is 265 g/mol. The lowest BCUT2D eigenvalue weighted by Gasteiger charge is -2.17. The molecule has 1 atom stereocenters. The smallest absolute Gasteiger partial charge is 0.313 e. The summed E-state index contributed by atoms with van der Waals surface area (Å²) >= 11 is 0. The fraction of sp³-hybridized carbons (Fsp3) is 0.600. The molecule has 1 aliphatic heterocycles. The molecule has 0 spiro atoms. The molecular formula is C15H21F3N2. The number of hydrogen-bond donors (Lipinski definition) is 1. The molecule has 112 valence electrons. The first-order valence-corrected chi connectivity index (χ1v) is 7.11. The van der Waals surface area contributed by atoms with Crippen molar-refractivity contribution in [2.75, 3.05) is 19.6 Å². The molecule has 2 rings (SSSR count). The van der Waals surface area contributed by atoms with E-state index in [2.05, 4.69) is 17.1 Å². The van der Waals surface area contributed by atoms with Crippen LogP contribution in [0.15, 0.2) is 24.3 Å². The highest BCUT2D eigenvalue weighted by Crippen LogP contribution is 2.29. The first-order valence-electron chi connectivity index (χ1n) is 7.11. The van der Waals surface area contributed by atoms with E-state index in [-0.39, 0.29) is 0 Å². The Morgan fingerprint density at radius 3 is 2.85 bits per heavy atom. The second kappa shape index (κ2) is 6.59. The topological polar surface area (TPSA) is 15.3 Å². The maximum atomic E-state index is 12.7. The third-order valence-corrected chi connectivity index (χ3v) is 3.62. The van der Waals surface area contributed by atoms with Crippen molar-refractivity contribution in [3.05, 3.63) is 35.4 Å². The van der Waals surface area contributed by atoms with E-state index in [0.717, 1.165) is 44.1 Å². The summed E-state index contributed by atoms with van der Waals surface area (Å²) in [6.45, 7) is 5.58. The fourth-order valence-electron chi connectivity index (χ4n) is 2.60. The van der Waals surface area contributed by atoms with Crippen molar-refractivity contribution < 1.29 is 13.2 Å². The largest absolute Gasteiger partial charge is 0.416 e. The van der Waals surface area contributed by atoms with E-state index in [9.17, 15) is 13.2 Å². The summed E-state index contributed by atoms with van der Waals surface area (Å²) in [5.74, 6) is 0. The van der Waals surface area contributed by atoms with E-state index in [4.69, 9.17) is 0 Å². The van der Waals surface area contributed by atoms with Gasteiger partial charge in [0, 0.05) is 25.7 Å². The highest BCUT2D eigenvalue weighted by Gasteiger charge is 2.30. The predicted molar refractivity (Wildman–Crippen MR) is 73.4 cm³/mol. The Hall–Kier alpha value is -1.07. The van der Waals surface area contributed by atoms with Gasteiger partial charge < -0.3 is 5.32 Å². The maximum absolute atomic E-state index is 12.7. The van der Waals surface area contributed by atoms with Crippen LogP contribution in [-0.2, 0) is 12.7 Å².